The first-order valence-electron chi connectivity index (χ1n) is 3.75. The third-order valence-corrected chi connectivity index (χ3v) is 2.10. The van der Waals surface area contributed by atoms with Crippen LogP contribution in [0, 0.1) is 0 Å². The van der Waals surface area contributed by atoms with E-state index in [1.807, 2.05) is 0 Å². The maximum atomic E-state index is 5.86. The Morgan fingerprint density at radius 1 is 1.46 bits per heavy atom. The number of halogens is 2. The Bertz CT molecular complexity index is 315. The quantitative estimate of drug-likeness (QED) is 0.794. The van der Waals surface area contributed by atoms with E-state index < -0.39 is 0 Å². The molecule has 0 amide bonds. The van der Waals surface area contributed by atoms with Crippen LogP contribution in [0.2, 0.25) is 10.0 Å². The van der Waals surface area contributed by atoms with Gasteiger partial charge in [-0.05, 0) is 18.2 Å². The van der Waals surface area contributed by atoms with E-state index in [0.717, 1.165) is 0 Å². The fourth-order valence-electron chi connectivity index (χ4n) is 0.874. The van der Waals surface area contributed by atoms with Gasteiger partial charge in [0.05, 0.1) is 5.02 Å². The van der Waals surface area contributed by atoms with Crippen LogP contribution < -0.4 is 10.2 Å². The zero-order chi connectivity index (χ0) is 9.26. The lowest BCUT2D eigenvalue weighted by Crippen LogP contribution is -2.06. The highest BCUT2D eigenvalue weighted by atomic mass is 35.5. The fraction of sp³-hybridized carbons (Fsp3) is 0.250. The third kappa shape index (κ3) is 2.48. The van der Waals surface area contributed by atoms with Crippen molar-refractivity contribution >= 4 is 23.2 Å². The molecular weight excluding hydrogens is 213 g/mol. The maximum Gasteiger partial charge on any atom is 0.185 e. The standard InChI is InChI=1S/C8H7Cl2NO2/c9-5-1-2-7(6(10)3-5)12-4-8-11-13-8/h1-3,8,11H,4H2. The Morgan fingerprint density at radius 2 is 2.23 bits per heavy atom. The van der Waals surface area contributed by atoms with E-state index in [1.165, 1.54) is 0 Å². The summed E-state index contributed by atoms with van der Waals surface area (Å²) in [4.78, 5) is 4.75. The van der Waals surface area contributed by atoms with Crippen LogP contribution >= 0.6 is 23.2 Å². The number of nitrogens with one attached hydrogen (secondary N) is 1. The van der Waals surface area contributed by atoms with Crippen molar-refractivity contribution in [3.63, 3.8) is 0 Å². The zero-order valence-electron chi connectivity index (χ0n) is 6.59. The molecule has 0 aliphatic carbocycles. The van der Waals surface area contributed by atoms with Crippen LogP contribution in [-0.4, -0.2) is 12.8 Å². The van der Waals surface area contributed by atoms with Gasteiger partial charge < -0.3 is 4.74 Å². The second-order valence-electron chi connectivity index (χ2n) is 2.61. The van der Waals surface area contributed by atoms with Gasteiger partial charge in [0.25, 0.3) is 0 Å². The minimum absolute atomic E-state index is 0.00764. The lowest BCUT2D eigenvalue weighted by atomic mass is 10.3. The molecule has 0 bridgehead atoms. The Morgan fingerprint density at radius 3 is 2.85 bits per heavy atom. The van der Waals surface area contributed by atoms with Gasteiger partial charge in [0, 0.05) is 5.02 Å². The average Bonchev–Trinajstić information content (AvgIpc) is 2.86. The van der Waals surface area contributed by atoms with E-state index in [9.17, 15) is 0 Å². The first-order valence-corrected chi connectivity index (χ1v) is 4.50. The summed E-state index contributed by atoms with van der Waals surface area (Å²) in [6.45, 7) is 0.446. The van der Waals surface area contributed by atoms with Crippen molar-refractivity contribution in [1.29, 1.82) is 0 Å². The van der Waals surface area contributed by atoms with Crippen molar-refractivity contribution in [3.8, 4) is 5.75 Å². The van der Waals surface area contributed by atoms with Gasteiger partial charge in [-0.3, -0.25) is 4.84 Å². The van der Waals surface area contributed by atoms with Crippen LogP contribution in [-0.2, 0) is 4.84 Å². The molecule has 1 unspecified atom stereocenters. The lowest BCUT2D eigenvalue weighted by molar-refractivity contribution is 0.260. The summed E-state index contributed by atoms with van der Waals surface area (Å²) in [5, 5.41) is 1.10. The molecule has 1 aromatic carbocycles. The maximum absolute atomic E-state index is 5.86. The second kappa shape index (κ2) is 3.72. The summed E-state index contributed by atoms with van der Waals surface area (Å²) in [7, 11) is 0. The topological polar surface area (TPSA) is 43.7 Å². The van der Waals surface area contributed by atoms with Crippen LogP contribution in [0.15, 0.2) is 18.2 Å². The first kappa shape index (κ1) is 9.09. The van der Waals surface area contributed by atoms with Crippen LogP contribution in [0.3, 0.4) is 0 Å². The largest absolute Gasteiger partial charge is 0.488 e. The Kier molecular flexibility index (Phi) is 2.60. The van der Waals surface area contributed by atoms with Crippen molar-refractivity contribution in [2.45, 2.75) is 6.23 Å². The summed E-state index contributed by atoms with van der Waals surface area (Å²) < 4.78 is 5.34. The Labute approximate surface area is 85.5 Å². The fourth-order valence-corrected chi connectivity index (χ4v) is 1.34. The van der Waals surface area contributed by atoms with Crippen LogP contribution in [0.5, 0.6) is 5.75 Å². The molecule has 1 fully saturated rings. The van der Waals surface area contributed by atoms with Gasteiger partial charge in [-0.15, -0.1) is 0 Å². The highest BCUT2D eigenvalue weighted by Gasteiger charge is 2.22. The summed E-state index contributed by atoms with van der Waals surface area (Å²) in [6, 6.07) is 5.09. The molecule has 0 spiro atoms. The molecule has 70 valence electrons. The normalized spacial score (nSPS) is 20.0. The number of hydrogen-bond donors (Lipinski definition) is 1. The number of ether oxygens (including phenoxy) is 1. The molecule has 0 aromatic heterocycles. The summed E-state index contributed by atoms with van der Waals surface area (Å²) in [5.41, 5.74) is 2.64. The van der Waals surface area contributed by atoms with Gasteiger partial charge in [-0.2, -0.15) is 5.48 Å². The molecule has 2 rings (SSSR count). The van der Waals surface area contributed by atoms with Crippen molar-refractivity contribution in [2.75, 3.05) is 6.61 Å². The monoisotopic (exact) mass is 219 g/mol. The van der Waals surface area contributed by atoms with Gasteiger partial charge in [0.2, 0.25) is 0 Å². The Hall–Kier alpha value is -0.480. The summed E-state index contributed by atoms with van der Waals surface area (Å²) >= 11 is 11.6. The van der Waals surface area contributed by atoms with Gasteiger partial charge in [0.15, 0.2) is 6.23 Å². The molecule has 3 nitrogen and oxygen atoms in total. The predicted molar refractivity (Wildman–Crippen MR) is 50.0 cm³/mol. The molecule has 0 saturated carbocycles. The lowest BCUT2D eigenvalue weighted by Gasteiger charge is -2.05. The van der Waals surface area contributed by atoms with E-state index in [2.05, 4.69) is 5.48 Å². The molecule has 1 saturated heterocycles. The molecule has 1 aliphatic heterocycles. The third-order valence-electron chi connectivity index (χ3n) is 1.57. The van der Waals surface area contributed by atoms with Crippen molar-refractivity contribution in [3.05, 3.63) is 28.2 Å². The van der Waals surface area contributed by atoms with E-state index in [1.54, 1.807) is 18.2 Å². The Balaban J connectivity index is 2.01. The zero-order valence-corrected chi connectivity index (χ0v) is 8.10. The minimum atomic E-state index is -0.00764. The van der Waals surface area contributed by atoms with E-state index in [0.29, 0.717) is 22.4 Å². The van der Waals surface area contributed by atoms with Crippen molar-refractivity contribution < 1.29 is 9.57 Å². The second-order valence-corrected chi connectivity index (χ2v) is 3.45. The molecule has 1 heterocycles. The molecule has 1 aliphatic rings. The smallest absolute Gasteiger partial charge is 0.185 e. The SMILES string of the molecule is Clc1ccc(OCC2NO2)c(Cl)c1. The van der Waals surface area contributed by atoms with Crippen LogP contribution in [0.1, 0.15) is 0 Å². The molecule has 5 heteroatoms. The summed E-state index contributed by atoms with van der Waals surface area (Å²) in [6.07, 6.45) is -0.00764. The number of hydroxylamine groups is 1. The first-order chi connectivity index (χ1) is 6.25. The van der Waals surface area contributed by atoms with E-state index in [-0.39, 0.29) is 6.23 Å². The highest BCUT2D eigenvalue weighted by Crippen LogP contribution is 2.27. The summed E-state index contributed by atoms with van der Waals surface area (Å²) in [5.74, 6) is 0.614. The number of hydrogen-bond acceptors (Lipinski definition) is 3. The van der Waals surface area contributed by atoms with Crippen molar-refractivity contribution in [1.82, 2.24) is 5.48 Å². The van der Waals surface area contributed by atoms with Crippen molar-refractivity contribution in [2.24, 2.45) is 0 Å². The molecule has 13 heavy (non-hydrogen) atoms. The van der Waals surface area contributed by atoms with E-state index in [4.69, 9.17) is 32.8 Å². The predicted octanol–water partition coefficient (Wildman–Crippen LogP) is 2.23. The van der Waals surface area contributed by atoms with Gasteiger partial charge in [0.1, 0.15) is 12.4 Å². The van der Waals surface area contributed by atoms with Gasteiger partial charge in [-0.1, -0.05) is 23.2 Å². The molecule has 1 aromatic rings. The molecule has 1 atom stereocenters. The average molecular weight is 220 g/mol. The van der Waals surface area contributed by atoms with E-state index >= 15 is 0 Å². The molecule has 1 N–H and O–H groups in total. The van der Waals surface area contributed by atoms with Crippen LogP contribution in [0.25, 0.3) is 0 Å². The minimum Gasteiger partial charge on any atom is -0.488 e. The molecular formula is C8H7Cl2NO2. The van der Waals surface area contributed by atoms with Gasteiger partial charge in [-0.25, -0.2) is 0 Å². The van der Waals surface area contributed by atoms with Crippen LogP contribution in [0.4, 0.5) is 0 Å². The molecule has 0 radical (unpaired) electrons. The highest BCUT2D eigenvalue weighted by molar-refractivity contribution is 6.35. The van der Waals surface area contributed by atoms with Gasteiger partial charge >= 0.3 is 0 Å². The number of benzene rings is 1. The number of rotatable bonds is 3.